The summed E-state index contributed by atoms with van der Waals surface area (Å²) < 4.78 is 5.44. The fourth-order valence-corrected chi connectivity index (χ4v) is 7.34. The molecule has 7 heteroatoms. The molecule has 3 saturated carbocycles. The van der Waals surface area contributed by atoms with Gasteiger partial charge in [-0.25, -0.2) is 0 Å². The molecule has 9 unspecified atom stereocenters. The second-order valence-corrected chi connectivity index (χ2v) is 12.2. The van der Waals surface area contributed by atoms with E-state index < -0.39 is 11.5 Å². The zero-order valence-electron chi connectivity index (χ0n) is 22.0. The van der Waals surface area contributed by atoms with Crippen molar-refractivity contribution in [2.45, 2.75) is 64.4 Å². The average Bonchev–Trinajstić information content (AvgIpc) is 3.54. The topological polar surface area (TPSA) is 83.9 Å². The highest BCUT2D eigenvalue weighted by atomic mass is 35.5. The van der Waals surface area contributed by atoms with E-state index in [1.165, 1.54) is 0 Å². The van der Waals surface area contributed by atoms with Gasteiger partial charge in [-0.2, -0.15) is 0 Å². The lowest BCUT2D eigenvalue weighted by Gasteiger charge is -2.28. The van der Waals surface area contributed by atoms with Crippen molar-refractivity contribution in [1.82, 2.24) is 4.90 Å². The maximum Gasteiger partial charge on any atom is 0.312 e. The van der Waals surface area contributed by atoms with E-state index in [9.17, 15) is 19.5 Å². The van der Waals surface area contributed by atoms with Gasteiger partial charge in [0, 0.05) is 6.54 Å². The Hall–Kier alpha value is -1.92. The van der Waals surface area contributed by atoms with Crippen LogP contribution in [0.4, 0.5) is 0 Å². The lowest BCUT2D eigenvalue weighted by molar-refractivity contribution is -0.159. The van der Waals surface area contributed by atoms with Gasteiger partial charge in [-0.3, -0.25) is 19.3 Å². The maximum absolute atomic E-state index is 13.0. The van der Waals surface area contributed by atoms with Gasteiger partial charge in [0.2, 0.25) is 11.8 Å². The van der Waals surface area contributed by atoms with Crippen LogP contribution in [-0.2, 0) is 19.1 Å². The summed E-state index contributed by atoms with van der Waals surface area (Å²) in [7, 11) is 0. The smallest absolute Gasteiger partial charge is 0.312 e. The molecule has 0 aromatic carbocycles. The number of imide groups is 1. The number of aliphatic hydroxyl groups excluding tert-OH is 1. The maximum atomic E-state index is 13.0. The number of fused-ring (bicyclic) bond motifs is 1. The molecule has 9 atom stereocenters. The number of hydrogen-bond donors (Lipinski definition) is 1. The first-order chi connectivity index (χ1) is 17.7. The normalized spacial score (nSPS) is 38.7. The third kappa shape index (κ3) is 5.75. The molecule has 1 aliphatic heterocycles. The average molecular weight is 532 g/mol. The van der Waals surface area contributed by atoms with Crippen LogP contribution in [0.2, 0.25) is 0 Å². The van der Waals surface area contributed by atoms with Gasteiger partial charge in [0.25, 0.3) is 0 Å². The summed E-state index contributed by atoms with van der Waals surface area (Å²) in [6.07, 6.45) is 14.4. The van der Waals surface area contributed by atoms with Gasteiger partial charge in [0.1, 0.15) is 12.7 Å². The highest BCUT2D eigenvalue weighted by Gasteiger charge is 2.50. The van der Waals surface area contributed by atoms with Gasteiger partial charge >= 0.3 is 5.97 Å². The molecule has 0 aromatic rings. The van der Waals surface area contributed by atoms with Crippen molar-refractivity contribution in [2.75, 3.05) is 19.0 Å². The van der Waals surface area contributed by atoms with Crippen molar-refractivity contribution in [3.05, 3.63) is 37.5 Å². The lowest BCUT2D eigenvalue weighted by Crippen LogP contribution is -2.36. The van der Waals surface area contributed by atoms with Gasteiger partial charge in [-0.05, 0) is 75.0 Å². The molecule has 1 N–H and O–H groups in total. The Balaban J connectivity index is 1.41. The molecule has 1 saturated heterocycles. The molecule has 0 bridgehead atoms. The van der Waals surface area contributed by atoms with E-state index in [0.29, 0.717) is 18.9 Å². The van der Waals surface area contributed by atoms with Crippen molar-refractivity contribution < 1.29 is 24.2 Å². The summed E-state index contributed by atoms with van der Waals surface area (Å²) in [5, 5.41) is 9.72. The first-order valence-corrected chi connectivity index (χ1v) is 14.4. The van der Waals surface area contributed by atoms with E-state index in [1.54, 1.807) is 4.90 Å². The monoisotopic (exact) mass is 531 g/mol. The molecule has 204 valence electrons. The molecule has 6 nitrogen and oxygen atoms in total. The molecule has 4 rings (SSSR count). The minimum Gasteiger partial charge on any atom is -0.462 e. The number of alkyl halides is 1. The van der Waals surface area contributed by atoms with Gasteiger partial charge in [0.05, 0.1) is 23.1 Å². The van der Waals surface area contributed by atoms with Crippen molar-refractivity contribution in [3.63, 3.8) is 0 Å². The molecule has 37 heavy (non-hydrogen) atoms. The Labute approximate surface area is 226 Å². The number of nitrogens with zero attached hydrogens (tertiary/aromatic N) is 1. The first-order valence-electron chi connectivity index (χ1n) is 13.9. The lowest BCUT2D eigenvalue weighted by atomic mass is 9.79. The number of carbonyl (C=O) groups is 3. The third-order valence-electron chi connectivity index (χ3n) is 9.50. The van der Waals surface area contributed by atoms with E-state index in [0.717, 1.165) is 44.9 Å². The van der Waals surface area contributed by atoms with Crippen LogP contribution in [0.5, 0.6) is 0 Å². The minimum absolute atomic E-state index is 0.00207. The van der Waals surface area contributed by atoms with E-state index in [2.05, 4.69) is 25.3 Å². The number of likely N-dealkylation sites (tertiary alicyclic amines) is 1. The van der Waals surface area contributed by atoms with Crippen LogP contribution in [-0.4, -0.2) is 52.9 Å². The molecular formula is C30H42ClNO5. The zero-order chi connectivity index (χ0) is 26.7. The number of rotatable bonds is 10. The summed E-state index contributed by atoms with van der Waals surface area (Å²) in [5.74, 6) is 0.534. The SMILES string of the molecule is C=CC1CC(/C=C\C2CC(C=C)C(CN3C(=O)C4CCCCC4C3=O)C2)C(C)(C(=O)OCC(O)CCl)C1. The Morgan fingerprint density at radius 3 is 2.38 bits per heavy atom. The molecule has 0 spiro atoms. The third-order valence-corrected chi connectivity index (χ3v) is 9.86. The van der Waals surface area contributed by atoms with Crippen LogP contribution < -0.4 is 0 Å². The van der Waals surface area contributed by atoms with E-state index in [-0.39, 0.29) is 65.8 Å². The van der Waals surface area contributed by atoms with Gasteiger partial charge in [-0.1, -0.05) is 37.1 Å². The van der Waals surface area contributed by atoms with Crippen molar-refractivity contribution >= 4 is 29.4 Å². The van der Waals surface area contributed by atoms with Gasteiger partial charge < -0.3 is 9.84 Å². The van der Waals surface area contributed by atoms with Crippen LogP contribution in [0, 0.1) is 46.8 Å². The van der Waals surface area contributed by atoms with Gasteiger partial charge in [-0.15, -0.1) is 24.8 Å². The number of ether oxygens (including phenoxy) is 1. The highest BCUT2D eigenvalue weighted by molar-refractivity contribution is 6.18. The predicted octanol–water partition coefficient (Wildman–Crippen LogP) is 4.91. The largest absolute Gasteiger partial charge is 0.462 e. The van der Waals surface area contributed by atoms with Crippen molar-refractivity contribution in [3.8, 4) is 0 Å². The Morgan fingerprint density at radius 1 is 1.11 bits per heavy atom. The van der Waals surface area contributed by atoms with Crippen molar-refractivity contribution in [2.24, 2.45) is 46.8 Å². The van der Waals surface area contributed by atoms with Crippen LogP contribution >= 0.6 is 11.6 Å². The number of aliphatic hydroxyl groups is 1. The number of halogens is 1. The molecule has 4 aliphatic rings. The van der Waals surface area contributed by atoms with Crippen LogP contribution in [0.3, 0.4) is 0 Å². The number of esters is 1. The number of allylic oxidation sites excluding steroid dienone is 4. The highest BCUT2D eigenvalue weighted by Crippen LogP contribution is 2.49. The molecular weight excluding hydrogens is 490 g/mol. The Bertz CT molecular complexity index is 909. The second kappa shape index (κ2) is 11.9. The molecule has 3 aliphatic carbocycles. The van der Waals surface area contributed by atoms with Crippen LogP contribution in [0.15, 0.2) is 37.5 Å². The summed E-state index contributed by atoms with van der Waals surface area (Å²) in [4.78, 5) is 40.6. The molecule has 0 aromatic heterocycles. The summed E-state index contributed by atoms with van der Waals surface area (Å²) in [6.45, 7) is 10.3. The number of carbonyl (C=O) groups excluding carboxylic acids is 3. The molecule has 0 radical (unpaired) electrons. The van der Waals surface area contributed by atoms with E-state index in [4.69, 9.17) is 16.3 Å². The number of amides is 2. The molecule has 2 amide bonds. The first kappa shape index (κ1) is 28.1. The predicted molar refractivity (Wildman–Crippen MR) is 143 cm³/mol. The van der Waals surface area contributed by atoms with Crippen molar-refractivity contribution in [1.29, 1.82) is 0 Å². The van der Waals surface area contributed by atoms with E-state index >= 15 is 0 Å². The Morgan fingerprint density at radius 2 is 1.78 bits per heavy atom. The number of hydrogen-bond acceptors (Lipinski definition) is 5. The van der Waals surface area contributed by atoms with Crippen LogP contribution in [0.25, 0.3) is 0 Å². The fourth-order valence-electron chi connectivity index (χ4n) is 7.25. The fraction of sp³-hybridized carbons (Fsp3) is 0.700. The van der Waals surface area contributed by atoms with E-state index in [1.807, 2.05) is 19.1 Å². The van der Waals surface area contributed by atoms with Gasteiger partial charge in [0.15, 0.2) is 0 Å². The summed E-state index contributed by atoms with van der Waals surface area (Å²) in [6, 6.07) is 0. The zero-order valence-corrected chi connectivity index (χ0v) is 22.8. The summed E-state index contributed by atoms with van der Waals surface area (Å²) >= 11 is 5.65. The quantitative estimate of drug-likeness (QED) is 0.187. The standard InChI is InChI=1S/C30H42ClNO5/c1-4-19-14-23(30(3,15-19)29(36)37-18-24(33)16-31)11-10-20-12-21(5-2)22(13-20)17-32-27(34)25-8-6-7-9-26(25)28(32)35/h4-5,10-11,19-26,33H,1-2,6-9,12-18H2,3H3/b11-10-. The summed E-state index contributed by atoms with van der Waals surface area (Å²) in [5.41, 5.74) is -0.693. The minimum atomic E-state index is -0.871. The molecule has 1 heterocycles. The van der Waals surface area contributed by atoms with Crippen LogP contribution in [0.1, 0.15) is 58.3 Å². The second-order valence-electron chi connectivity index (χ2n) is 11.9. The Kier molecular flexibility index (Phi) is 9.00. The molecule has 4 fully saturated rings.